The van der Waals surface area contributed by atoms with E-state index in [1.807, 2.05) is 0 Å². The molecule has 2 rings (SSSR count). The molecule has 0 aromatic rings. The summed E-state index contributed by atoms with van der Waals surface area (Å²) in [7, 11) is 0. The summed E-state index contributed by atoms with van der Waals surface area (Å²) >= 11 is 0. The van der Waals surface area contributed by atoms with Gasteiger partial charge in [0.05, 0.1) is 12.2 Å². The van der Waals surface area contributed by atoms with Gasteiger partial charge in [0.2, 0.25) is 0 Å². The van der Waals surface area contributed by atoms with Crippen LogP contribution in [0.3, 0.4) is 0 Å². The zero-order chi connectivity index (χ0) is 11.6. The minimum atomic E-state index is 0.282. The van der Waals surface area contributed by atoms with Gasteiger partial charge >= 0.3 is 0 Å². The number of hydrogen-bond donors (Lipinski definition) is 1. The smallest absolute Gasteiger partial charge is 0.0678 e. The Kier molecular flexibility index (Phi) is 3.88. The summed E-state index contributed by atoms with van der Waals surface area (Å²) in [6, 6.07) is 0. The largest absolute Gasteiger partial charge is 0.373 e. The number of ether oxygens (including phenoxy) is 1. The van der Waals surface area contributed by atoms with Crippen LogP contribution in [0.2, 0.25) is 0 Å². The molecule has 1 aliphatic heterocycles. The Balaban J connectivity index is 2.07. The fraction of sp³-hybridized carbons (Fsp3) is 1.00. The monoisotopic (exact) mass is 226 g/mol. The minimum absolute atomic E-state index is 0.282. The zero-order valence-corrected chi connectivity index (χ0v) is 10.7. The maximum Gasteiger partial charge on any atom is 0.0678 e. The number of morpholine rings is 1. The molecule has 0 aromatic carbocycles. The molecule has 2 N–H and O–H groups in total. The van der Waals surface area contributed by atoms with Crippen molar-refractivity contribution in [3.8, 4) is 0 Å². The third kappa shape index (κ3) is 2.41. The van der Waals surface area contributed by atoms with Gasteiger partial charge in [-0.25, -0.2) is 0 Å². The molecule has 3 heteroatoms. The topological polar surface area (TPSA) is 38.5 Å². The van der Waals surface area contributed by atoms with Gasteiger partial charge in [-0.05, 0) is 26.7 Å². The van der Waals surface area contributed by atoms with Crippen LogP contribution in [0.4, 0.5) is 0 Å². The van der Waals surface area contributed by atoms with Crippen molar-refractivity contribution in [1.82, 2.24) is 4.90 Å². The molecule has 16 heavy (non-hydrogen) atoms. The highest BCUT2D eigenvalue weighted by Crippen LogP contribution is 2.34. The van der Waals surface area contributed by atoms with Crippen molar-refractivity contribution >= 4 is 0 Å². The Morgan fingerprint density at radius 1 is 1.12 bits per heavy atom. The van der Waals surface area contributed by atoms with Crippen molar-refractivity contribution in [2.75, 3.05) is 19.6 Å². The highest BCUT2D eigenvalue weighted by molar-refractivity contribution is 4.96. The average molecular weight is 226 g/mol. The van der Waals surface area contributed by atoms with E-state index in [1.54, 1.807) is 0 Å². The van der Waals surface area contributed by atoms with Gasteiger partial charge in [0, 0.05) is 25.2 Å². The van der Waals surface area contributed by atoms with Crippen LogP contribution in [0, 0.1) is 0 Å². The van der Waals surface area contributed by atoms with Gasteiger partial charge in [0.25, 0.3) is 0 Å². The normalized spacial score (nSPS) is 36.2. The van der Waals surface area contributed by atoms with E-state index in [-0.39, 0.29) is 5.54 Å². The van der Waals surface area contributed by atoms with Crippen LogP contribution in [0.1, 0.15) is 46.0 Å². The van der Waals surface area contributed by atoms with Crippen LogP contribution in [-0.4, -0.2) is 42.3 Å². The van der Waals surface area contributed by atoms with Crippen LogP contribution in [0.25, 0.3) is 0 Å². The molecule has 2 aliphatic rings. The first-order valence-electron chi connectivity index (χ1n) is 6.77. The zero-order valence-electron chi connectivity index (χ0n) is 10.7. The molecule has 0 spiro atoms. The van der Waals surface area contributed by atoms with E-state index in [1.165, 1.54) is 32.1 Å². The lowest BCUT2D eigenvalue weighted by Gasteiger charge is -2.50. The van der Waals surface area contributed by atoms with E-state index in [4.69, 9.17) is 10.5 Å². The molecule has 1 heterocycles. The van der Waals surface area contributed by atoms with Crippen molar-refractivity contribution in [2.45, 2.75) is 63.7 Å². The van der Waals surface area contributed by atoms with Crippen LogP contribution in [0.15, 0.2) is 0 Å². The summed E-state index contributed by atoms with van der Waals surface area (Å²) < 4.78 is 5.81. The first-order valence-corrected chi connectivity index (χ1v) is 6.77. The van der Waals surface area contributed by atoms with E-state index in [0.29, 0.717) is 12.2 Å². The Bertz CT molecular complexity index is 216. The molecular formula is C13H26N2O. The molecule has 1 saturated heterocycles. The summed E-state index contributed by atoms with van der Waals surface area (Å²) in [6.07, 6.45) is 7.35. The highest BCUT2D eigenvalue weighted by Gasteiger charge is 2.39. The molecule has 1 aliphatic carbocycles. The van der Waals surface area contributed by atoms with Crippen LogP contribution < -0.4 is 5.73 Å². The van der Waals surface area contributed by atoms with Gasteiger partial charge in [0.1, 0.15) is 0 Å². The Hall–Kier alpha value is -0.120. The highest BCUT2D eigenvalue weighted by atomic mass is 16.5. The van der Waals surface area contributed by atoms with Gasteiger partial charge in [-0.2, -0.15) is 0 Å². The average Bonchev–Trinajstić information content (AvgIpc) is 2.28. The van der Waals surface area contributed by atoms with Crippen molar-refractivity contribution < 1.29 is 4.74 Å². The summed E-state index contributed by atoms with van der Waals surface area (Å²) in [4.78, 5) is 2.62. The molecule has 1 saturated carbocycles. The van der Waals surface area contributed by atoms with E-state index in [0.717, 1.165) is 19.6 Å². The summed E-state index contributed by atoms with van der Waals surface area (Å²) in [6.45, 7) is 7.28. The predicted octanol–water partition coefficient (Wildman–Crippen LogP) is 1.76. The quantitative estimate of drug-likeness (QED) is 0.779. The van der Waals surface area contributed by atoms with Crippen molar-refractivity contribution in [3.05, 3.63) is 0 Å². The van der Waals surface area contributed by atoms with Crippen molar-refractivity contribution in [1.29, 1.82) is 0 Å². The van der Waals surface area contributed by atoms with Crippen LogP contribution in [0.5, 0.6) is 0 Å². The Morgan fingerprint density at radius 3 is 2.19 bits per heavy atom. The molecule has 94 valence electrons. The molecule has 0 amide bonds. The summed E-state index contributed by atoms with van der Waals surface area (Å²) in [5.74, 6) is 0. The van der Waals surface area contributed by atoms with Gasteiger partial charge in [-0.15, -0.1) is 0 Å². The molecule has 0 radical (unpaired) electrons. The van der Waals surface area contributed by atoms with Gasteiger partial charge in [0.15, 0.2) is 0 Å². The van der Waals surface area contributed by atoms with Gasteiger partial charge in [-0.1, -0.05) is 19.3 Å². The van der Waals surface area contributed by atoms with E-state index < -0.39 is 0 Å². The molecule has 2 atom stereocenters. The molecule has 3 nitrogen and oxygen atoms in total. The Morgan fingerprint density at radius 2 is 1.69 bits per heavy atom. The second-order valence-corrected chi connectivity index (χ2v) is 5.65. The third-order valence-electron chi connectivity index (χ3n) is 4.25. The fourth-order valence-corrected chi connectivity index (χ4v) is 3.42. The molecule has 0 aromatic heterocycles. The predicted molar refractivity (Wildman–Crippen MR) is 66.5 cm³/mol. The summed E-state index contributed by atoms with van der Waals surface area (Å²) in [5.41, 5.74) is 6.36. The number of nitrogens with two attached hydrogens (primary N) is 1. The standard InChI is InChI=1S/C13H26N2O/c1-11-8-15(9-12(2)16-11)13(10-14)6-4-3-5-7-13/h11-12H,3-10,14H2,1-2H3. The third-order valence-corrected chi connectivity index (χ3v) is 4.25. The first kappa shape index (κ1) is 12.3. The second-order valence-electron chi connectivity index (χ2n) is 5.65. The van der Waals surface area contributed by atoms with Gasteiger partial charge < -0.3 is 10.5 Å². The number of rotatable bonds is 2. The minimum Gasteiger partial charge on any atom is -0.373 e. The number of hydrogen-bond acceptors (Lipinski definition) is 3. The maximum atomic E-state index is 6.08. The molecule has 0 bridgehead atoms. The SMILES string of the molecule is CC1CN(C2(CN)CCCCC2)CC(C)O1. The van der Waals surface area contributed by atoms with E-state index >= 15 is 0 Å². The maximum absolute atomic E-state index is 6.08. The summed E-state index contributed by atoms with van der Waals surface area (Å²) in [5, 5.41) is 0. The lowest BCUT2D eigenvalue weighted by atomic mass is 9.79. The lowest BCUT2D eigenvalue weighted by Crippen LogP contribution is -2.61. The van der Waals surface area contributed by atoms with E-state index in [2.05, 4.69) is 18.7 Å². The van der Waals surface area contributed by atoms with Crippen LogP contribution in [-0.2, 0) is 4.74 Å². The van der Waals surface area contributed by atoms with Crippen LogP contribution >= 0.6 is 0 Å². The second kappa shape index (κ2) is 5.03. The van der Waals surface area contributed by atoms with Crippen molar-refractivity contribution in [3.63, 3.8) is 0 Å². The van der Waals surface area contributed by atoms with Crippen molar-refractivity contribution in [2.24, 2.45) is 5.73 Å². The van der Waals surface area contributed by atoms with E-state index in [9.17, 15) is 0 Å². The molecule has 2 unspecified atom stereocenters. The van der Waals surface area contributed by atoms with Gasteiger partial charge in [-0.3, -0.25) is 4.90 Å². The Labute approximate surface area is 99.3 Å². The lowest BCUT2D eigenvalue weighted by molar-refractivity contribution is -0.107. The molecular weight excluding hydrogens is 200 g/mol. The fourth-order valence-electron chi connectivity index (χ4n) is 3.42. The number of nitrogens with zero attached hydrogens (tertiary/aromatic N) is 1. The first-order chi connectivity index (χ1) is 7.66. The molecule has 2 fully saturated rings.